The Morgan fingerprint density at radius 3 is 3.06 bits per heavy atom. The Hall–Kier alpha value is -1.24. The molecule has 0 aliphatic rings. The van der Waals surface area contributed by atoms with Gasteiger partial charge in [-0.1, -0.05) is 0 Å². The van der Waals surface area contributed by atoms with Gasteiger partial charge in [0.2, 0.25) is 0 Å². The van der Waals surface area contributed by atoms with Gasteiger partial charge in [0.05, 0.1) is 16.8 Å². The van der Waals surface area contributed by atoms with E-state index >= 15 is 0 Å². The zero-order valence-corrected chi connectivity index (χ0v) is 9.66. The molecule has 0 aliphatic carbocycles. The molecule has 0 spiro atoms. The molecule has 3 N–H and O–H groups in total. The molecule has 0 fully saturated rings. The van der Waals surface area contributed by atoms with E-state index in [1.165, 1.54) is 6.33 Å². The lowest BCUT2D eigenvalue weighted by molar-refractivity contribution is 0.0132. The van der Waals surface area contributed by atoms with Gasteiger partial charge in [0, 0.05) is 6.54 Å². The van der Waals surface area contributed by atoms with Gasteiger partial charge in [-0.05, 0) is 18.4 Å². The predicted octanol–water partition coefficient (Wildman–Crippen LogP) is 0.846. The van der Waals surface area contributed by atoms with Crippen molar-refractivity contribution in [3.8, 4) is 0 Å². The van der Waals surface area contributed by atoms with E-state index in [1.807, 2.05) is 11.4 Å². The van der Waals surface area contributed by atoms with Gasteiger partial charge >= 0.3 is 0 Å². The first kappa shape index (κ1) is 11.3. The molecular weight excluding hydrogens is 226 g/mol. The molecule has 0 bridgehead atoms. The van der Waals surface area contributed by atoms with Crippen molar-refractivity contribution in [3.63, 3.8) is 0 Å². The van der Waals surface area contributed by atoms with Gasteiger partial charge in [-0.2, -0.15) is 0 Å². The van der Waals surface area contributed by atoms with Crippen LogP contribution in [-0.2, 0) is 0 Å². The minimum atomic E-state index is -1.14. The number of aliphatic hydroxyl groups excluding tert-OH is 1. The van der Waals surface area contributed by atoms with Crippen LogP contribution in [0.5, 0.6) is 0 Å². The van der Waals surface area contributed by atoms with Crippen molar-refractivity contribution in [1.29, 1.82) is 0 Å². The normalized spacial score (nSPS) is 14.9. The van der Waals surface area contributed by atoms with Crippen molar-refractivity contribution < 1.29 is 10.2 Å². The van der Waals surface area contributed by atoms with Crippen LogP contribution in [-0.4, -0.2) is 38.9 Å². The summed E-state index contributed by atoms with van der Waals surface area (Å²) in [6.45, 7) is 1.51. The smallest absolute Gasteiger partial charge is 0.147 e. The fourth-order valence-corrected chi connectivity index (χ4v) is 2.06. The van der Waals surface area contributed by atoms with Crippen LogP contribution in [0.4, 0.5) is 5.82 Å². The van der Waals surface area contributed by atoms with Crippen LogP contribution < -0.4 is 5.32 Å². The van der Waals surface area contributed by atoms with E-state index in [0.29, 0.717) is 5.82 Å². The fraction of sp³-hybridized carbons (Fsp3) is 0.400. The van der Waals surface area contributed by atoms with E-state index in [1.54, 1.807) is 18.3 Å². The summed E-state index contributed by atoms with van der Waals surface area (Å²) in [5, 5.41) is 23.5. The van der Waals surface area contributed by atoms with E-state index < -0.39 is 5.60 Å². The van der Waals surface area contributed by atoms with Gasteiger partial charge in [-0.25, -0.2) is 9.97 Å². The summed E-state index contributed by atoms with van der Waals surface area (Å²) in [7, 11) is 0. The quantitative estimate of drug-likeness (QED) is 0.737. The third-order valence-electron chi connectivity index (χ3n) is 2.22. The van der Waals surface area contributed by atoms with Gasteiger partial charge in [-0.3, -0.25) is 0 Å². The third kappa shape index (κ3) is 2.29. The number of rotatable bonds is 4. The molecule has 0 aromatic carbocycles. The monoisotopic (exact) mass is 239 g/mol. The molecule has 0 saturated heterocycles. The first-order valence-corrected chi connectivity index (χ1v) is 5.76. The molecule has 1 unspecified atom stereocenters. The van der Waals surface area contributed by atoms with Gasteiger partial charge < -0.3 is 15.5 Å². The second kappa shape index (κ2) is 4.32. The highest BCUT2D eigenvalue weighted by atomic mass is 32.1. The number of aromatic nitrogens is 2. The zero-order chi connectivity index (χ0) is 11.6. The number of nitrogens with zero attached hydrogens (tertiary/aromatic N) is 2. The van der Waals surface area contributed by atoms with Crippen LogP contribution in [0.3, 0.4) is 0 Å². The van der Waals surface area contributed by atoms with E-state index in [9.17, 15) is 5.11 Å². The van der Waals surface area contributed by atoms with Crippen LogP contribution in [0.15, 0.2) is 17.8 Å². The van der Waals surface area contributed by atoms with Crippen molar-refractivity contribution in [2.45, 2.75) is 12.5 Å². The minimum Gasteiger partial charge on any atom is -0.393 e. The number of hydrogen-bond donors (Lipinski definition) is 3. The molecule has 0 saturated carbocycles. The average Bonchev–Trinajstić information content (AvgIpc) is 2.75. The second-order valence-corrected chi connectivity index (χ2v) is 4.78. The van der Waals surface area contributed by atoms with Crippen molar-refractivity contribution >= 4 is 27.4 Å². The lowest BCUT2D eigenvalue weighted by Crippen LogP contribution is -2.37. The number of aliphatic hydroxyl groups is 2. The third-order valence-corrected chi connectivity index (χ3v) is 3.13. The molecule has 0 radical (unpaired) electrons. The molecule has 2 heterocycles. The van der Waals surface area contributed by atoms with Crippen LogP contribution in [0.1, 0.15) is 6.92 Å². The van der Waals surface area contributed by atoms with Gasteiger partial charge in [0.25, 0.3) is 0 Å². The molecular formula is C10H13N3O2S. The number of anilines is 1. The van der Waals surface area contributed by atoms with Gasteiger partial charge in [0.1, 0.15) is 17.7 Å². The van der Waals surface area contributed by atoms with Crippen molar-refractivity contribution in [2.24, 2.45) is 0 Å². The molecule has 2 rings (SSSR count). The zero-order valence-electron chi connectivity index (χ0n) is 8.84. The maximum Gasteiger partial charge on any atom is 0.147 e. The SMILES string of the molecule is CC(O)(CO)CNc1ncnc2ccsc12. The Kier molecular flexibility index (Phi) is 3.04. The van der Waals surface area contributed by atoms with Crippen LogP contribution >= 0.6 is 11.3 Å². The lowest BCUT2D eigenvalue weighted by Gasteiger charge is -2.20. The lowest BCUT2D eigenvalue weighted by atomic mass is 10.1. The Morgan fingerprint density at radius 1 is 1.50 bits per heavy atom. The summed E-state index contributed by atoms with van der Waals surface area (Å²) in [5.41, 5.74) is -0.264. The molecule has 2 aromatic rings. The van der Waals surface area contributed by atoms with Gasteiger partial charge in [0.15, 0.2) is 0 Å². The molecule has 0 aliphatic heterocycles. The Balaban J connectivity index is 2.18. The molecule has 1 atom stereocenters. The Morgan fingerprint density at radius 2 is 2.31 bits per heavy atom. The Bertz CT molecular complexity index is 484. The van der Waals surface area contributed by atoms with E-state index in [2.05, 4.69) is 15.3 Å². The largest absolute Gasteiger partial charge is 0.393 e. The fourth-order valence-electron chi connectivity index (χ4n) is 1.24. The number of thiophene rings is 1. The number of nitrogens with one attached hydrogen (secondary N) is 1. The maximum absolute atomic E-state index is 9.65. The highest BCUT2D eigenvalue weighted by Gasteiger charge is 2.19. The summed E-state index contributed by atoms with van der Waals surface area (Å²) in [6.07, 6.45) is 1.48. The molecule has 5 nitrogen and oxygen atoms in total. The summed E-state index contributed by atoms with van der Waals surface area (Å²) < 4.78 is 0.955. The van der Waals surface area contributed by atoms with Crippen LogP contribution in [0.25, 0.3) is 10.2 Å². The molecule has 6 heteroatoms. The van der Waals surface area contributed by atoms with Crippen molar-refractivity contribution in [3.05, 3.63) is 17.8 Å². The molecule has 16 heavy (non-hydrogen) atoms. The molecule has 86 valence electrons. The highest BCUT2D eigenvalue weighted by molar-refractivity contribution is 7.17. The van der Waals surface area contributed by atoms with Crippen LogP contribution in [0, 0.1) is 0 Å². The standard InChI is InChI=1S/C10H13N3O2S/c1-10(15,5-14)4-11-9-8-7(2-3-16-8)12-6-13-9/h2-3,6,14-15H,4-5H2,1H3,(H,11,12,13). The average molecular weight is 239 g/mol. The number of hydrogen-bond acceptors (Lipinski definition) is 6. The first-order valence-electron chi connectivity index (χ1n) is 4.88. The van der Waals surface area contributed by atoms with E-state index in [-0.39, 0.29) is 13.2 Å². The minimum absolute atomic E-state index is 0.244. The van der Waals surface area contributed by atoms with Gasteiger partial charge in [-0.15, -0.1) is 11.3 Å². The van der Waals surface area contributed by atoms with E-state index in [0.717, 1.165) is 10.2 Å². The van der Waals surface area contributed by atoms with E-state index in [4.69, 9.17) is 5.11 Å². The Labute approximate surface area is 96.8 Å². The topological polar surface area (TPSA) is 78.3 Å². The molecule has 0 amide bonds. The second-order valence-electron chi connectivity index (χ2n) is 3.87. The maximum atomic E-state index is 9.65. The van der Waals surface area contributed by atoms with Crippen molar-refractivity contribution in [2.75, 3.05) is 18.5 Å². The van der Waals surface area contributed by atoms with Crippen LogP contribution in [0.2, 0.25) is 0 Å². The first-order chi connectivity index (χ1) is 7.62. The predicted molar refractivity (Wildman–Crippen MR) is 63.6 cm³/mol. The molecule has 2 aromatic heterocycles. The summed E-state index contributed by atoms with van der Waals surface area (Å²) >= 11 is 1.54. The number of fused-ring (bicyclic) bond motifs is 1. The van der Waals surface area contributed by atoms with Crippen molar-refractivity contribution in [1.82, 2.24) is 9.97 Å². The summed E-state index contributed by atoms with van der Waals surface area (Å²) in [4.78, 5) is 8.23. The highest BCUT2D eigenvalue weighted by Crippen LogP contribution is 2.24. The summed E-state index contributed by atoms with van der Waals surface area (Å²) in [5.74, 6) is 0.689. The summed E-state index contributed by atoms with van der Waals surface area (Å²) in [6, 6.07) is 1.91.